The van der Waals surface area contributed by atoms with Gasteiger partial charge in [-0.15, -0.1) is 0 Å². The van der Waals surface area contributed by atoms with Crippen molar-refractivity contribution in [2.75, 3.05) is 0 Å². The summed E-state index contributed by atoms with van der Waals surface area (Å²) in [6.45, 7) is 10.8. The number of aromatic hydroxyl groups is 1. The van der Waals surface area contributed by atoms with Crippen molar-refractivity contribution >= 4 is 11.6 Å². The van der Waals surface area contributed by atoms with Crippen molar-refractivity contribution in [1.82, 2.24) is 0 Å². The predicted molar refractivity (Wildman–Crippen MR) is 90.9 cm³/mol. The zero-order valence-corrected chi connectivity index (χ0v) is 12.8. The van der Waals surface area contributed by atoms with Crippen LogP contribution in [0.2, 0.25) is 0 Å². The largest absolute Gasteiger partial charge is 0.509 e. The highest BCUT2D eigenvalue weighted by Crippen LogP contribution is 2.44. The number of hydrogen-bond acceptors (Lipinski definition) is 3. The van der Waals surface area contributed by atoms with E-state index < -0.39 is 0 Å². The van der Waals surface area contributed by atoms with Gasteiger partial charge in [-0.25, -0.2) is 0 Å². The van der Waals surface area contributed by atoms with Gasteiger partial charge in [0.1, 0.15) is 17.3 Å². The van der Waals surface area contributed by atoms with E-state index in [1.54, 1.807) is 18.2 Å². The zero-order valence-electron chi connectivity index (χ0n) is 12.8. The van der Waals surface area contributed by atoms with E-state index in [9.17, 15) is 15.3 Å². The molecule has 1 aromatic rings. The number of phenols is 1. The van der Waals surface area contributed by atoms with Crippen LogP contribution in [0.1, 0.15) is 29.2 Å². The Kier molecular flexibility index (Phi) is 4.27. The summed E-state index contributed by atoms with van der Waals surface area (Å²) in [5.74, 6) is 0.133. The van der Waals surface area contributed by atoms with Crippen molar-refractivity contribution in [2.45, 2.75) is 20.3 Å². The molecule has 0 fully saturated rings. The summed E-state index contributed by atoms with van der Waals surface area (Å²) in [7, 11) is 0. The zero-order chi connectivity index (χ0) is 16.4. The van der Waals surface area contributed by atoms with E-state index in [2.05, 4.69) is 13.2 Å². The van der Waals surface area contributed by atoms with Crippen LogP contribution in [0.5, 0.6) is 5.75 Å². The van der Waals surface area contributed by atoms with E-state index in [0.29, 0.717) is 6.42 Å². The van der Waals surface area contributed by atoms with Crippen molar-refractivity contribution in [3.8, 4) is 5.75 Å². The summed E-state index contributed by atoms with van der Waals surface area (Å²) in [6, 6.07) is 1.68. The Hall–Kier alpha value is -2.68. The van der Waals surface area contributed by atoms with Crippen LogP contribution in [0.15, 0.2) is 54.5 Å². The molecule has 0 saturated carbocycles. The first-order valence-electron chi connectivity index (χ1n) is 7.02. The Morgan fingerprint density at radius 2 is 1.91 bits per heavy atom. The predicted octanol–water partition coefficient (Wildman–Crippen LogP) is 4.74. The molecule has 0 saturated heterocycles. The summed E-state index contributed by atoms with van der Waals surface area (Å²) in [6.07, 6.45) is 7.39. The van der Waals surface area contributed by atoms with Gasteiger partial charge in [-0.2, -0.15) is 0 Å². The van der Waals surface area contributed by atoms with E-state index in [0.717, 1.165) is 33.4 Å². The van der Waals surface area contributed by atoms with Gasteiger partial charge in [0.05, 0.1) is 0 Å². The normalized spacial score (nSPS) is 17.4. The molecular weight excluding hydrogens is 276 g/mol. The fourth-order valence-corrected chi connectivity index (χ4v) is 2.78. The lowest BCUT2D eigenvalue weighted by atomic mass is 9.94. The van der Waals surface area contributed by atoms with Crippen LogP contribution in [-0.2, 0) is 6.42 Å². The van der Waals surface area contributed by atoms with E-state index in [-0.39, 0.29) is 17.3 Å². The molecule has 1 aliphatic carbocycles. The lowest BCUT2D eigenvalue weighted by molar-refractivity contribution is 0.435. The molecular formula is C19H20O3. The van der Waals surface area contributed by atoms with Crippen LogP contribution < -0.4 is 0 Å². The van der Waals surface area contributed by atoms with Crippen LogP contribution in [-0.4, -0.2) is 15.3 Å². The minimum Gasteiger partial charge on any atom is -0.509 e. The number of fused-ring (bicyclic) bond motifs is 1. The van der Waals surface area contributed by atoms with Crippen LogP contribution in [0.3, 0.4) is 0 Å². The maximum atomic E-state index is 10.3. The Labute approximate surface area is 130 Å². The molecule has 1 aliphatic rings. The first kappa shape index (κ1) is 15.7. The molecule has 0 aliphatic heterocycles. The van der Waals surface area contributed by atoms with Crippen molar-refractivity contribution in [1.29, 1.82) is 0 Å². The van der Waals surface area contributed by atoms with Crippen LogP contribution in [0, 0.1) is 6.92 Å². The summed E-state index contributed by atoms with van der Waals surface area (Å²) < 4.78 is 0. The van der Waals surface area contributed by atoms with Crippen molar-refractivity contribution in [3.05, 3.63) is 76.8 Å². The molecule has 0 atom stereocenters. The summed E-state index contributed by atoms with van der Waals surface area (Å²) >= 11 is 0. The lowest BCUT2D eigenvalue weighted by Gasteiger charge is -2.11. The van der Waals surface area contributed by atoms with Crippen molar-refractivity contribution < 1.29 is 15.3 Å². The van der Waals surface area contributed by atoms with Gasteiger partial charge in [0.15, 0.2) is 0 Å². The maximum Gasteiger partial charge on any atom is 0.120 e. The quantitative estimate of drug-likeness (QED) is 0.557. The standard InChI is InChI=1S/C19H20O3/c1-5-14-9-17-18(22)10-15(7-6-11(2)20)13(4)19(17)16(14)8-12(3)21/h5-8,10,20-22H,2-3,9H2,1,4H3/b7-6-,14-5-,16-8+. The van der Waals surface area contributed by atoms with E-state index in [4.69, 9.17) is 0 Å². The van der Waals surface area contributed by atoms with Gasteiger partial charge in [-0.3, -0.25) is 0 Å². The first-order chi connectivity index (χ1) is 10.3. The first-order valence-corrected chi connectivity index (χ1v) is 7.02. The van der Waals surface area contributed by atoms with Gasteiger partial charge in [0, 0.05) is 12.0 Å². The molecule has 0 bridgehead atoms. The SMILES string of the molecule is C=C(O)/C=C\c1cc(O)c2c(c1C)C(=C/C(=C)O)/C(=C\C)C2. The van der Waals surface area contributed by atoms with Gasteiger partial charge in [0.25, 0.3) is 0 Å². The number of aliphatic hydroxyl groups is 2. The molecule has 0 radical (unpaired) electrons. The molecule has 0 amide bonds. The smallest absolute Gasteiger partial charge is 0.120 e. The average Bonchev–Trinajstić information content (AvgIpc) is 2.79. The van der Waals surface area contributed by atoms with E-state index >= 15 is 0 Å². The average molecular weight is 296 g/mol. The molecule has 1 aromatic carbocycles. The molecule has 2 rings (SSSR count). The summed E-state index contributed by atoms with van der Waals surface area (Å²) in [5, 5.41) is 29.1. The second-order valence-corrected chi connectivity index (χ2v) is 5.33. The van der Waals surface area contributed by atoms with Crippen LogP contribution in [0.25, 0.3) is 11.6 Å². The molecule has 22 heavy (non-hydrogen) atoms. The highest BCUT2D eigenvalue weighted by atomic mass is 16.3. The number of phenolic OH excluding ortho intramolecular Hbond substituents is 1. The van der Waals surface area contributed by atoms with Gasteiger partial charge >= 0.3 is 0 Å². The van der Waals surface area contributed by atoms with Crippen LogP contribution >= 0.6 is 0 Å². The Morgan fingerprint density at radius 3 is 2.45 bits per heavy atom. The highest BCUT2D eigenvalue weighted by molar-refractivity contribution is 5.91. The lowest BCUT2D eigenvalue weighted by Crippen LogP contribution is -1.93. The molecule has 114 valence electrons. The molecule has 3 N–H and O–H groups in total. The fraction of sp³-hybridized carbons (Fsp3) is 0.158. The van der Waals surface area contributed by atoms with Crippen molar-refractivity contribution in [3.63, 3.8) is 0 Å². The third-order valence-electron chi connectivity index (χ3n) is 3.81. The summed E-state index contributed by atoms with van der Waals surface area (Å²) in [4.78, 5) is 0. The van der Waals surface area contributed by atoms with Gasteiger partial charge in [-0.05, 0) is 59.9 Å². The molecule has 3 heteroatoms. The Morgan fingerprint density at radius 1 is 1.23 bits per heavy atom. The Balaban J connectivity index is 2.71. The third-order valence-corrected chi connectivity index (χ3v) is 3.81. The van der Waals surface area contributed by atoms with Crippen molar-refractivity contribution in [2.24, 2.45) is 0 Å². The van der Waals surface area contributed by atoms with E-state index in [1.807, 2.05) is 19.9 Å². The highest BCUT2D eigenvalue weighted by Gasteiger charge is 2.26. The maximum absolute atomic E-state index is 10.3. The number of rotatable bonds is 3. The number of benzene rings is 1. The molecule has 0 aromatic heterocycles. The topological polar surface area (TPSA) is 60.7 Å². The minimum atomic E-state index is -0.0481. The second-order valence-electron chi connectivity index (χ2n) is 5.33. The molecule has 0 unspecified atom stereocenters. The molecule has 0 spiro atoms. The minimum absolute atomic E-state index is 0.0224. The van der Waals surface area contributed by atoms with Gasteiger partial charge in [0.2, 0.25) is 0 Å². The Bertz CT molecular complexity index is 746. The van der Waals surface area contributed by atoms with E-state index in [1.165, 1.54) is 6.08 Å². The molecule has 3 nitrogen and oxygen atoms in total. The van der Waals surface area contributed by atoms with Gasteiger partial charge < -0.3 is 15.3 Å². The number of hydrogen-bond donors (Lipinski definition) is 3. The number of aliphatic hydroxyl groups excluding tert-OH is 2. The van der Waals surface area contributed by atoms with Crippen LogP contribution in [0.4, 0.5) is 0 Å². The second kappa shape index (κ2) is 5.98. The summed E-state index contributed by atoms with van der Waals surface area (Å²) in [5.41, 5.74) is 5.42. The number of allylic oxidation sites excluding steroid dienone is 5. The van der Waals surface area contributed by atoms with Gasteiger partial charge in [-0.1, -0.05) is 25.3 Å². The third kappa shape index (κ3) is 2.84. The fourth-order valence-electron chi connectivity index (χ4n) is 2.78. The monoisotopic (exact) mass is 296 g/mol. The molecule has 0 heterocycles.